The van der Waals surface area contributed by atoms with Crippen LogP contribution in [0.2, 0.25) is 0 Å². The van der Waals surface area contributed by atoms with Crippen molar-refractivity contribution >= 4 is 17.5 Å². The molecular formula is C13H21N5O. The second-order valence-electron chi connectivity index (χ2n) is 5.67. The van der Waals surface area contributed by atoms with Gasteiger partial charge in [-0.3, -0.25) is 4.79 Å². The van der Waals surface area contributed by atoms with E-state index >= 15 is 0 Å². The molecule has 1 amide bonds. The van der Waals surface area contributed by atoms with Crippen LogP contribution in [0.4, 0.5) is 11.6 Å². The fraction of sp³-hybridized carbons (Fsp3) is 0.615. The number of carbonyl (C=O) groups is 1. The molecule has 104 valence electrons. The number of anilines is 2. The zero-order valence-corrected chi connectivity index (χ0v) is 11.7. The highest BCUT2D eigenvalue weighted by molar-refractivity contribution is 5.75. The van der Waals surface area contributed by atoms with E-state index in [1.54, 1.807) is 0 Å². The quantitative estimate of drug-likeness (QED) is 0.722. The lowest BCUT2D eigenvalue weighted by molar-refractivity contribution is -0.118. The number of hydrogen-bond donors (Lipinski definition) is 3. The number of rotatable bonds is 6. The highest BCUT2D eigenvalue weighted by Crippen LogP contribution is 2.39. The summed E-state index contributed by atoms with van der Waals surface area (Å²) in [6.07, 6.45) is 2.55. The summed E-state index contributed by atoms with van der Waals surface area (Å²) < 4.78 is 0. The van der Waals surface area contributed by atoms with Gasteiger partial charge in [0.15, 0.2) is 0 Å². The predicted octanol–water partition coefficient (Wildman–Crippen LogP) is 1.46. The van der Waals surface area contributed by atoms with E-state index in [-0.39, 0.29) is 12.3 Å². The van der Waals surface area contributed by atoms with Gasteiger partial charge in [-0.15, -0.1) is 0 Å². The SMILES string of the molecule is CNc1cc(NC(C)(C)CC(N)=O)nc(C2CC2)n1. The summed E-state index contributed by atoms with van der Waals surface area (Å²) in [5, 5.41) is 6.29. The largest absolute Gasteiger partial charge is 0.373 e. The molecule has 1 saturated carbocycles. The summed E-state index contributed by atoms with van der Waals surface area (Å²) in [5.74, 6) is 2.53. The molecule has 0 saturated heterocycles. The smallest absolute Gasteiger partial charge is 0.219 e. The topological polar surface area (TPSA) is 92.9 Å². The first kappa shape index (κ1) is 13.6. The average Bonchev–Trinajstić information content (AvgIpc) is 3.09. The fourth-order valence-electron chi connectivity index (χ4n) is 2.01. The molecule has 0 aromatic carbocycles. The summed E-state index contributed by atoms with van der Waals surface area (Å²) in [7, 11) is 1.83. The van der Waals surface area contributed by atoms with Crippen molar-refractivity contribution in [1.82, 2.24) is 9.97 Å². The molecule has 0 aliphatic heterocycles. The van der Waals surface area contributed by atoms with Crippen LogP contribution in [0.15, 0.2) is 6.07 Å². The lowest BCUT2D eigenvalue weighted by Gasteiger charge is -2.25. The Morgan fingerprint density at radius 1 is 1.42 bits per heavy atom. The Balaban J connectivity index is 2.18. The number of nitrogens with two attached hydrogens (primary N) is 1. The summed E-state index contributed by atoms with van der Waals surface area (Å²) in [5.41, 5.74) is 4.83. The van der Waals surface area contributed by atoms with Crippen molar-refractivity contribution in [3.63, 3.8) is 0 Å². The molecule has 0 atom stereocenters. The highest BCUT2D eigenvalue weighted by Gasteiger charge is 2.28. The van der Waals surface area contributed by atoms with Crippen LogP contribution in [0.25, 0.3) is 0 Å². The van der Waals surface area contributed by atoms with E-state index in [4.69, 9.17) is 5.73 Å². The van der Waals surface area contributed by atoms with Gasteiger partial charge in [-0.2, -0.15) is 0 Å². The molecule has 1 aliphatic carbocycles. The first-order valence-corrected chi connectivity index (χ1v) is 6.53. The van der Waals surface area contributed by atoms with Gasteiger partial charge in [0, 0.05) is 31.0 Å². The molecule has 0 bridgehead atoms. The zero-order valence-electron chi connectivity index (χ0n) is 11.7. The second kappa shape index (κ2) is 5.03. The van der Waals surface area contributed by atoms with Crippen LogP contribution in [0, 0.1) is 0 Å². The molecule has 6 heteroatoms. The number of nitrogens with one attached hydrogen (secondary N) is 2. The Bertz CT molecular complexity index is 482. The van der Waals surface area contributed by atoms with Crippen LogP contribution in [0.3, 0.4) is 0 Å². The molecule has 1 aromatic rings. The number of carbonyl (C=O) groups excluding carboxylic acids is 1. The monoisotopic (exact) mass is 263 g/mol. The predicted molar refractivity (Wildman–Crippen MR) is 75.1 cm³/mol. The maximum Gasteiger partial charge on any atom is 0.219 e. The van der Waals surface area contributed by atoms with Crippen LogP contribution in [0.5, 0.6) is 0 Å². The molecule has 19 heavy (non-hydrogen) atoms. The third kappa shape index (κ3) is 3.81. The lowest BCUT2D eigenvalue weighted by Crippen LogP contribution is -2.36. The van der Waals surface area contributed by atoms with Crippen LogP contribution in [-0.2, 0) is 4.79 Å². The number of primary amides is 1. The molecule has 1 heterocycles. The van der Waals surface area contributed by atoms with Gasteiger partial charge in [-0.1, -0.05) is 0 Å². The molecule has 1 aliphatic rings. The third-order valence-electron chi connectivity index (χ3n) is 3.02. The third-order valence-corrected chi connectivity index (χ3v) is 3.02. The van der Waals surface area contributed by atoms with E-state index in [0.717, 1.165) is 30.3 Å². The molecule has 2 rings (SSSR count). The van der Waals surface area contributed by atoms with E-state index in [1.165, 1.54) is 0 Å². The molecule has 6 nitrogen and oxygen atoms in total. The van der Waals surface area contributed by atoms with Gasteiger partial charge in [0.2, 0.25) is 5.91 Å². The normalized spacial score (nSPS) is 15.1. The Labute approximate surface area is 113 Å². The van der Waals surface area contributed by atoms with E-state index in [2.05, 4.69) is 20.6 Å². The van der Waals surface area contributed by atoms with Gasteiger partial charge >= 0.3 is 0 Å². The van der Waals surface area contributed by atoms with E-state index in [1.807, 2.05) is 27.0 Å². The maximum atomic E-state index is 11.1. The van der Waals surface area contributed by atoms with Crippen LogP contribution in [-0.4, -0.2) is 28.5 Å². The molecule has 0 radical (unpaired) electrons. The van der Waals surface area contributed by atoms with Gasteiger partial charge in [-0.05, 0) is 26.7 Å². The Hall–Kier alpha value is -1.85. The van der Waals surface area contributed by atoms with Crippen molar-refractivity contribution in [2.24, 2.45) is 5.73 Å². The zero-order chi connectivity index (χ0) is 14.0. The van der Waals surface area contributed by atoms with Crippen molar-refractivity contribution in [2.45, 2.75) is 44.6 Å². The number of aromatic nitrogens is 2. The van der Waals surface area contributed by atoms with Crippen LogP contribution < -0.4 is 16.4 Å². The molecular weight excluding hydrogens is 242 g/mol. The molecule has 1 aromatic heterocycles. The van der Waals surface area contributed by atoms with Gasteiger partial charge in [-0.25, -0.2) is 9.97 Å². The standard InChI is InChI=1S/C13H21N5O/c1-13(2,7-9(14)19)18-11-6-10(15-3)16-12(17-11)8-4-5-8/h6,8H,4-5,7H2,1-3H3,(H2,14,19)(H2,15,16,17,18). The average molecular weight is 263 g/mol. The minimum Gasteiger partial charge on any atom is -0.373 e. The highest BCUT2D eigenvalue weighted by atomic mass is 16.1. The van der Waals surface area contributed by atoms with E-state index in [9.17, 15) is 4.79 Å². The van der Waals surface area contributed by atoms with Gasteiger partial charge < -0.3 is 16.4 Å². The Morgan fingerprint density at radius 2 is 2.05 bits per heavy atom. The van der Waals surface area contributed by atoms with Crippen molar-refractivity contribution in [3.8, 4) is 0 Å². The molecule has 1 fully saturated rings. The van der Waals surface area contributed by atoms with E-state index in [0.29, 0.717) is 5.92 Å². The van der Waals surface area contributed by atoms with Crippen LogP contribution >= 0.6 is 0 Å². The summed E-state index contributed by atoms with van der Waals surface area (Å²) in [4.78, 5) is 20.0. The number of hydrogen-bond acceptors (Lipinski definition) is 5. The van der Waals surface area contributed by atoms with Gasteiger partial charge in [0.1, 0.15) is 17.5 Å². The minimum absolute atomic E-state index is 0.255. The fourth-order valence-corrected chi connectivity index (χ4v) is 2.01. The van der Waals surface area contributed by atoms with Crippen molar-refractivity contribution in [3.05, 3.63) is 11.9 Å². The first-order chi connectivity index (χ1) is 8.89. The molecule has 0 spiro atoms. The van der Waals surface area contributed by atoms with Crippen LogP contribution in [0.1, 0.15) is 44.9 Å². The van der Waals surface area contributed by atoms with Crippen molar-refractivity contribution in [1.29, 1.82) is 0 Å². The molecule has 0 unspecified atom stereocenters. The minimum atomic E-state index is -0.425. The maximum absolute atomic E-state index is 11.1. The number of amides is 1. The van der Waals surface area contributed by atoms with Gasteiger partial charge in [0.25, 0.3) is 0 Å². The second-order valence-corrected chi connectivity index (χ2v) is 5.67. The van der Waals surface area contributed by atoms with Crippen molar-refractivity contribution < 1.29 is 4.79 Å². The Kier molecular flexibility index (Phi) is 3.59. The number of nitrogens with zero attached hydrogens (tertiary/aromatic N) is 2. The van der Waals surface area contributed by atoms with E-state index < -0.39 is 5.54 Å². The lowest BCUT2D eigenvalue weighted by atomic mass is 10.0. The van der Waals surface area contributed by atoms with Gasteiger partial charge in [0.05, 0.1) is 0 Å². The summed E-state index contributed by atoms with van der Waals surface area (Å²) in [6, 6.07) is 1.84. The Morgan fingerprint density at radius 3 is 2.58 bits per heavy atom. The first-order valence-electron chi connectivity index (χ1n) is 6.53. The van der Waals surface area contributed by atoms with Crippen molar-refractivity contribution in [2.75, 3.05) is 17.7 Å². The molecule has 4 N–H and O–H groups in total. The summed E-state index contributed by atoms with van der Waals surface area (Å²) in [6.45, 7) is 3.85. The summed E-state index contributed by atoms with van der Waals surface area (Å²) >= 11 is 0.